The first-order valence-corrected chi connectivity index (χ1v) is 8.44. The normalized spacial score (nSPS) is 11.7. The number of halogens is 1. The number of hydrogen-bond acceptors (Lipinski definition) is 3. The molecule has 1 aromatic heterocycles. The van der Waals surface area contributed by atoms with E-state index in [9.17, 15) is 8.42 Å². The predicted molar refractivity (Wildman–Crippen MR) is 84.4 cm³/mol. The number of hydrogen-bond donors (Lipinski definition) is 1. The van der Waals surface area contributed by atoms with Gasteiger partial charge in [0.25, 0.3) is 10.0 Å². The van der Waals surface area contributed by atoms with E-state index in [1.165, 1.54) is 6.20 Å². The van der Waals surface area contributed by atoms with Crippen LogP contribution in [0.2, 0.25) is 5.02 Å². The molecular weight excluding hydrogens is 310 g/mol. The first kappa shape index (κ1) is 15.9. The highest BCUT2D eigenvalue weighted by molar-refractivity contribution is 7.92. The summed E-state index contributed by atoms with van der Waals surface area (Å²) in [5, 5.41) is 4.69. The van der Waals surface area contributed by atoms with E-state index in [2.05, 4.69) is 9.82 Å². The van der Waals surface area contributed by atoms with Crippen LogP contribution in [-0.4, -0.2) is 18.2 Å². The van der Waals surface area contributed by atoms with Crippen LogP contribution in [0.3, 0.4) is 0 Å². The quantitative estimate of drug-likeness (QED) is 0.937. The van der Waals surface area contributed by atoms with E-state index < -0.39 is 10.0 Å². The predicted octanol–water partition coefficient (Wildman–Crippen LogP) is 3.28. The van der Waals surface area contributed by atoms with Crippen LogP contribution in [0, 0.1) is 20.8 Å². The van der Waals surface area contributed by atoms with Gasteiger partial charge in [-0.25, -0.2) is 8.42 Å². The van der Waals surface area contributed by atoms with Crippen LogP contribution in [0.15, 0.2) is 23.2 Å². The molecule has 0 aliphatic carbocycles. The first-order chi connectivity index (χ1) is 9.76. The third kappa shape index (κ3) is 3.06. The van der Waals surface area contributed by atoms with Crippen LogP contribution in [-0.2, 0) is 16.6 Å². The second kappa shape index (κ2) is 5.69. The topological polar surface area (TPSA) is 64.0 Å². The number of rotatable bonds is 4. The highest BCUT2D eigenvalue weighted by Crippen LogP contribution is 2.26. The number of anilines is 1. The zero-order valence-electron chi connectivity index (χ0n) is 12.4. The lowest BCUT2D eigenvalue weighted by Crippen LogP contribution is -2.15. The van der Waals surface area contributed by atoms with Crippen molar-refractivity contribution in [2.75, 3.05) is 4.72 Å². The van der Waals surface area contributed by atoms with E-state index in [-0.39, 0.29) is 4.90 Å². The number of nitrogens with zero attached hydrogens (tertiary/aromatic N) is 2. The number of aromatic nitrogens is 2. The van der Waals surface area contributed by atoms with Gasteiger partial charge in [-0.1, -0.05) is 11.6 Å². The second-order valence-electron chi connectivity index (χ2n) is 4.93. The fourth-order valence-corrected chi connectivity index (χ4v) is 3.74. The average Bonchev–Trinajstić information content (AvgIpc) is 2.74. The average molecular weight is 328 g/mol. The van der Waals surface area contributed by atoms with Gasteiger partial charge < -0.3 is 0 Å². The minimum Gasteiger partial charge on any atom is -0.276 e. The van der Waals surface area contributed by atoms with Gasteiger partial charge in [0.05, 0.1) is 22.5 Å². The van der Waals surface area contributed by atoms with Crippen molar-refractivity contribution in [2.24, 2.45) is 0 Å². The Kier molecular flexibility index (Phi) is 4.30. The summed E-state index contributed by atoms with van der Waals surface area (Å²) in [6.45, 7) is 7.97. The largest absolute Gasteiger partial charge is 0.276 e. The highest BCUT2D eigenvalue weighted by Gasteiger charge is 2.20. The Balaban J connectivity index is 2.43. The van der Waals surface area contributed by atoms with Crippen molar-refractivity contribution in [3.05, 3.63) is 40.2 Å². The van der Waals surface area contributed by atoms with E-state index in [1.54, 1.807) is 30.7 Å². The molecule has 0 aliphatic rings. The second-order valence-corrected chi connectivity index (χ2v) is 6.99. The molecule has 0 unspecified atom stereocenters. The highest BCUT2D eigenvalue weighted by atomic mass is 35.5. The van der Waals surface area contributed by atoms with Crippen LogP contribution in [0.4, 0.5) is 5.69 Å². The van der Waals surface area contributed by atoms with Crippen molar-refractivity contribution in [1.29, 1.82) is 0 Å². The summed E-state index contributed by atoms with van der Waals surface area (Å²) < 4.78 is 29.4. The van der Waals surface area contributed by atoms with Crippen LogP contribution < -0.4 is 4.72 Å². The van der Waals surface area contributed by atoms with E-state index in [1.807, 2.05) is 13.8 Å². The lowest BCUT2D eigenvalue weighted by molar-refractivity contribution is 0.600. The summed E-state index contributed by atoms with van der Waals surface area (Å²) in [4.78, 5) is 0.230. The minimum absolute atomic E-state index is 0.230. The molecule has 0 atom stereocenters. The molecule has 0 bridgehead atoms. The SMILES string of the molecule is CCn1ncc(NS(=O)(=O)c2cc(C)c(Cl)cc2C)c1C. The fourth-order valence-electron chi connectivity index (χ4n) is 2.11. The number of sulfonamides is 1. The molecule has 21 heavy (non-hydrogen) atoms. The van der Waals surface area contributed by atoms with Crippen molar-refractivity contribution in [3.63, 3.8) is 0 Å². The van der Waals surface area contributed by atoms with Gasteiger partial charge in [-0.2, -0.15) is 5.10 Å². The zero-order valence-corrected chi connectivity index (χ0v) is 14.0. The molecule has 2 rings (SSSR count). The molecule has 114 valence electrons. The molecule has 1 N–H and O–H groups in total. The van der Waals surface area contributed by atoms with Crippen LogP contribution in [0.25, 0.3) is 0 Å². The van der Waals surface area contributed by atoms with Gasteiger partial charge in [0, 0.05) is 11.6 Å². The molecule has 0 saturated heterocycles. The standard InChI is InChI=1S/C14H18ClN3O2S/c1-5-18-11(4)13(8-16-18)17-21(19,20)14-7-9(2)12(15)6-10(14)3/h6-8,17H,5H2,1-4H3. The van der Waals surface area contributed by atoms with Crippen molar-refractivity contribution in [3.8, 4) is 0 Å². The Labute approximate surface area is 130 Å². The molecule has 2 aromatic rings. The molecule has 5 nitrogen and oxygen atoms in total. The maximum atomic E-state index is 12.5. The lowest BCUT2D eigenvalue weighted by atomic mass is 10.2. The van der Waals surface area contributed by atoms with Crippen LogP contribution >= 0.6 is 11.6 Å². The molecule has 1 aromatic carbocycles. The molecule has 0 amide bonds. The van der Waals surface area contributed by atoms with Gasteiger partial charge in [0.1, 0.15) is 0 Å². The van der Waals surface area contributed by atoms with Crippen molar-refractivity contribution >= 4 is 27.3 Å². The summed E-state index contributed by atoms with van der Waals surface area (Å²) in [5.74, 6) is 0. The van der Waals surface area contributed by atoms with E-state index in [4.69, 9.17) is 11.6 Å². The number of benzene rings is 1. The summed E-state index contributed by atoms with van der Waals surface area (Å²) in [7, 11) is -3.66. The summed E-state index contributed by atoms with van der Waals surface area (Å²) >= 11 is 6.01. The van der Waals surface area contributed by atoms with E-state index in [0.29, 0.717) is 22.8 Å². The van der Waals surface area contributed by atoms with Gasteiger partial charge in [-0.3, -0.25) is 9.40 Å². The Hall–Kier alpha value is -1.53. The maximum absolute atomic E-state index is 12.5. The smallest absolute Gasteiger partial charge is 0.262 e. The van der Waals surface area contributed by atoms with Crippen molar-refractivity contribution in [2.45, 2.75) is 39.1 Å². The number of aryl methyl sites for hydroxylation is 3. The van der Waals surface area contributed by atoms with Gasteiger partial charge in [-0.05, 0) is 51.0 Å². The molecule has 1 heterocycles. The lowest BCUT2D eigenvalue weighted by Gasteiger charge is -2.12. The van der Waals surface area contributed by atoms with E-state index in [0.717, 1.165) is 11.3 Å². The van der Waals surface area contributed by atoms with Crippen molar-refractivity contribution in [1.82, 2.24) is 9.78 Å². The maximum Gasteiger partial charge on any atom is 0.262 e. The Bertz CT molecular complexity index is 782. The Morgan fingerprint density at radius 2 is 1.90 bits per heavy atom. The monoisotopic (exact) mass is 327 g/mol. The summed E-state index contributed by atoms with van der Waals surface area (Å²) in [5.41, 5.74) is 2.61. The third-order valence-electron chi connectivity index (χ3n) is 3.39. The third-order valence-corrected chi connectivity index (χ3v) is 5.31. The molecular formula is C14H18ClN3O2S. The molecule has 7 heteroatoms. The molecule has 0 fully saturated rings. The Morgan fingerprint density at radius 3 is 2.48 bits per heavy atom. The van der Waals surface area contributed by atoms with E-state index >= 15 is 0 Å². The van der Waals surface area contributed by atoms with Gasteiger partial charge in [0.15, 0.2) is 0 Å². The molecule has 0 saturated carbocycles. The molecule has 0 spiro atoms. The summed E-state index contributed by atoms with van der Waals surface area (Å²) in [6.07, 6.45) is 1.52. The Morgan fingerprint density at radius 1 is 1.24 bits per heavy atom. The zero-order chi connectivity index (χ0) is 15.8. The first-order valence-electron chi connectivity index (χ1n) is 6.58. The molecule has 0 aliphatic heterocycles. The van der Waals surface area contributed by atoms with Crippen LogP contribution in [0.5, 0.6) is 0 Å². The van der Waals surface area contributed by atoms with Gasteiger partial charge in [0.2, 0.25) is 0 Å². The van der Waals surface area contributed by atoms with Gasteiger partial charge in [-0.15, -0.1) is 0 Å². The fraction of sp³-hybridized carbons (Fsp3) is 0.357. The van der Waals surface area contributed by atoms with Crippen molar-refractivity contribution < 1.29 is 8.42 Å². The van der Waals surface area contributed by atoms with Crippen LogP contribution in [0.1, 0.15) is 23.7 Å². The minimum atomic E-state index is -3.66. The number of nitrogens with one attached hydrogen (secondary N) is 1. The van der Waals surface area contributed by atoms with Gasteiger partial charge >= 0.3 is 0 Å². The molecule has 0 radical (unpaired) electrons. The summed E-state index contributed by atoms with van der Waals surface area (Å²) in [6, 6.07) is 3.24.